The van der Waals surface area contributed by atoms with E-state index in [-0.39, 0.29) is 28.2 Å². The molecule has 0 unspecified atom stereocenters. The van der Waals surface area contributed by atoms with Crippen LogP contribution in [0.15, 0.2) is 39.3 Å². The summed E-state index contributed by atoms with van der Waals surface area (Å²) in [4.78, 5) is 26.2. The lowest BCUT2D eigenvalue weighted by Crippen LogP contribution is -2.36. The molecule has 4 rings (SSSR count). The van der Waals surface area contributed by atoms with E-state index in [4.69, 9.17) is 4.74 Å². The van der Waals surface area contributed by atoms with Crippen molar-refractivity contribution in [2.45, 2.75) is 59.0 Å². The van der Waals surface area contributed by atoms with E-state index in [0.29, 0.717) is 56.9 Å². The molecule has 8 heteroatoms. The first kappa shape index (κ1) is 27.2. The zero-order valence-corrected chi connectivity index (χ0v) is 24.2. The fourth-order valence-electron chi connectivity index (χ4n) is 5.71. The van der Waals surface area contributed by atoms with Crippen molar-refractivity contribution < 1.29 is 29.6 Å². The predicted octanol–water partition coefficient (Wildman–Crippen LogP) is 7.03. The zero-order valence-electron chi connectivity index (χ0n) is 21.0. The Bertz CT molecular complexity index is 1320. The van der Waals surface area contributed by atoms with Gasteiger partial charge < -0.3 is 20.1 Å². The molecule has 3 aromatic carbocycles. The van der Waals surface area contributed by atoms with Gasteiger partial charge in [0.2, 0.25) is 0 Å². The Morgan fingerprint density at radius 2 is 1.27 bits per heavy atom. The molecule has 0 atom stereocenters. The first-order chi connectivity index (χ1) is 17.6. The Hall–Kier alpha value is -2.84. The molecule has 3 aromatic rings. The van der Waals surface area contributed by atoms with Crippen LogP contribution >= 0.6 is 31.9 Å². The van der Waals surface area contributed by atoms with Crippen LogP contribution in [0.4, 0.5) is 0 Å². The number of hydrogen-bond acceptors (Lipinski definition) is 5. The number of benzene rings is 3. The Labute approximate surface area is 232 Å². The highest BCUT2D eigenvalue weighted by molar-refractivity contribution is 9.10. The number of halogens is 2. The lowest BCUT2D eigenvalue weighted by atomic mass is 9.70. The maximum atomic E-state index is 13.6. The molecular formula is C29H28Br2O6. The third-order valence-corrected chi connectivity index (χ3v) is 8.57. The molecule has 0 radical (unpaired) electrons. The summed E-state index contributed by atoms with van der Waals surface area (Å²) in [6.07, 6.45) is 1.81. The third kappa shape index (κ3) is 3.96. The molecule has 0 bridgehead atoms. The second kappa shape index (κ2) is 10.1. The number of aromatic carboxylic acids is 1. The summed E-state index contributed by atoms with van der Waals surface area (Å²) in [7, 11) is 0. The predicted molar refractivity (Wildman–Crippen MR) is 148 cm³/mol. The second-order valence-electron chi connectivity index (χ2n) is 8.94. The molecule has 194 valence electrons. The van der Waals surface area contributed by atoms with Crippen LogP contribution in [0.25, 0.3) is 0 Å². The molecule has 0 saturated carbocycles. The number of esters is 1. The van der Waals surface area contributed by atoms with Gasteiger partial charge in [-0.15, -0.1) is 0 Å². The normalized spacial score (nSPS) is 13.9. The van der Waals surface area contributed by atoms with E-state index in [1.807, 2.05) is 27.7 Å². The summed E-state index contributed by atoms with van der Waals surface area (Å²) in [5.74, 6) is -1.85. The highest BCUT2D eigenvalue weighted by atomic mass is 79.9. The minimum absolute atomic E-state index is 0.00794. The van der Waals surface area contributed by atoms with Crippen molar-refractivity contribution in [2.75, 3.05) is 0 Å². The zero-order chi connectivity index (χ0) is 27.2. The van der Waals surface area contributed by atoms with Gasteiger partial charge in [-0.3, -0.25) is 0 Å². The number of hydrogen-bond donors (Lipinski definition) is 3. The summed E-state index contributed by atoms with van der Waals surface area (Å²) in [6, 6.07) is 7.79. The topological polar surface area (TPSA) is 104 Å². The monoisotopic (exact) mass is 630 g/mol. The van der Waals surface area contributed by atoms with Gasteiger partial charge in [0, 0.05) is 36.8 Å². The van der Waals surface area contributed by atoms with Gasteiger partial charge in [0.25, 0.3) is 0 Å². The van der Waals surface area contributed by atoms with Crippen molar-refractivity contribution in [3.63, 3.8) is 0 Å². The van der Waals surface area contributed by atoms with E-state index in [1.165, 1.54) is 12.1 Å². The minimum Gasteiger partial charge on any atom is -0.508 e. The van der Waals surface area contributed by atoms with Gasteiger partial charge in [-0.2, -0.15) is 0 Å². The largest absolute Gasteiger partial charge is 0.508 e. The van der Waals surface area contributed by atoms with E-state index >= 15 is 0 Å². The number of cyclic esters (lactones) is 1. The molecule has 6 nitrogen and oxygen atoms in total. The van der Waals surface area contributed by atoms with Gasteiger partial charge in [-0.25, -0.2) is 9.59 Å². The van der Waals surface area contributed by atoms with Gasteiger partial charge >= 0.3 is 11.9 Å². The van der Waals surface area contributed by atoms with Crippen molar-refractivity contribution in [1.29, 1.82) is 0 Å². The van der Waals surface area contributed by atoms with Crippen LogP contribution in [0.1, 0.15) is 87.4 Å². The summed E-state index contributed by atoms with van der Waals surface area (Å²) >= 11 is 7.19. The van der Waals surface area contributed by atoms with Crippen molar-refractivity contribution in [3.05, 3.63) is 89.3 Å². The fourth-order valence-corrected chi connectivity index (χ4v) is 7.10. The number of carbonyl (C=O) groups is 2. The van der Waals surface area contributed by atoms with Crippen LogP contribution in [-0.4, -0.2) is 27.3 Å². The molecule has 3 N–H and O–H groups in total. The second-order valence-corrected chi connectivity index (χ2v) is 10.6. The lowest BCUT2D eigenvalue weighted by molar-refractivity contribution is 0.0234. The average molecular weight is 632 g/mol. The van der Waals surface area contributed by atoms with Gasteiger partial charge in [0.15, 0.2) is 5.60 Å². The van der Waals surface area contributed by atoms with Crippen LogP contribution in [0.2, 0.25) is 0 Å². The van der Waals surface area contributed by atoms with Crippen LogP contribution in [0, 0.1) is 0 Å². The fraction of sp³-hybridized carbons (Fsp3) is 0.310. The highest BCUT2D eigenvalue weighted by Gasteiger charge is 2.55. The number of carbonyl (C=O) groups excluding carboxylic acids is 1. The number of carboxylic acids is 1. The number of rotatable bonds is 7. The molecule has 1 aliphatic rings. The highest BCUT2D eigenvalue weighted by Crippen LogP contribution is 2.56. The van der Waals surface area contributed by atoms with E-state index in [9.17, 15) is 24.9 Å². The summed E-state index contributed by atoms with van der Waals surface area (Å²) in [5, 5.41) is 32.5. The number of phenols is 2. The molecule has 0 amide bonds. The number of ether oxygens (including phenoxy) is 1. The van der Waals surface area contributed by atoms with Crippen molar-refractivity contribution >= 4 is 43.8 Å². The third-order valence-electron chi connectivity index (χ3n) is 7.16. The number of phenolic OH excluding ortho intramolecular Hbond substituents is 2. The van der Waals surface area contributed by atoms with E-state index in [2.05, 4.69) is 31.9 Å². The quantitative estimate of drug-likeness (QED) is 0.242. The SMILES string of the molecule is CCc1c(O)cc(Br)c(CC)c1C1(c2c(CC)c(O)cc(Br)c2CC)OC(=O)c2cccc(C(=O)O)c21. The van der Waals surface area contributed by atoms with E-state index < -0.39 is 17.5 Å². The molecular weight excluding hydrogens is 604 g/mol. The van der Waals surface area contributed by atoms with Crippen molar-refractivity contribution in [1.82, 2.24) is 0 Å². The average Bonchev–Trinajstić information content (AvgIpc) is 3.16. The molecule has 0 spiro atoms. The molecule has 0 aromatic heterocycles. The summed E-state index contributed by atoms with van der Waals surface area (Å²) < 4.78 is 7.64. The first-order valence-corrected chi connectivity index (χ1v) is 13.8. The summed E-state index contributed by atoms with van der Waals surface area (Å²) in [6.45, 7) is 7.68. The van der Waals surface area contributed by atoms with Crippen LogP contribution in [0.3, 0.4) is 0 Å². The molecule has 1 aliphatic heterocycles. The van der Waals surface area contributed by atoms with Crippen molar-refractivity contribution in [2.24, 2.45) is 0 Å². The maximum absolute atomic E-state index is 13.6. The molecule has 0 fully saturated rings. The Morgan fingerprint density at radius 1 is 0.811 bits per heavy atom. The first-order valence-electron chi connectivity index (χ1n) is 12.3. The standard InChI is InChI=1S/C29H28Br2O6/c1-5-14-20(30)12-22(32)16(7-3)24(14)29(25-15(6-2)21(31)13-23(33)17(25)8-4)26-18(27(34)35)10-9-11-19(26)28(36)37-29/h9-13,32-33H,5-8H2,1-4H3,(H,34,35). The lowest BCUT2D eigenvalue weighted by Gasteiger charge is -2.38. The van der Waals surface area contributed by atoms with E-state index in [1.54, 1.807) is 18.2 Å². The molecule has 0 saturated heterocycles. The van der Waals surface area contributed by atoms with Gasteiger partial charge in [-0.05, 0) is 61.1 Å². The smallest absolute Gasteiger partial charge is 0.340 e. The minimum atomic E-state index is -1.72. The van der Waals surface area contributed by atoms with Gasteiger partial charge in [0.1, 0.15) is 11.5 Å². The van der Waals surface area contributed by atoms with Gasteiger partial charge in [0.05, 0.1) is 11.1 Å². The van der Waals surface area contributed by atoms with E-state index in [0.717, 1.165) is 11.1 Å². The molecule has 0 aliphatic carbocycles. The number of fused-ring (bicyclic) bond motifs is 1. The Morgan fingerprint density at radius 3 is 1.68 bits per heavy atom. The number of aromatic hydroxyl groups is 2. The van der Waals surface area contributed by atoms with Crippen LogP contribution in [0.5, 0.6) is 11.5 Å². The Kier molecular flexibility index (Phi) is 7.45. The molecule has 1 heterocycles. The van der Waals surface area contributed by atoms with Crippen molar-refractivity contribution in [3.8, 4) is 11.5 Å². The number of carboxylic acid groups (broad SMARTS) is 1. The van der Waals surface area contributed by atoms with Gasteiger partial charge in [-0.1, -0.05) is 65.6 Å². The van der Waals surface area contributed by atoms with Crippen LogP contribution in [-0.2, 0) is 36.0 Å². The molecule has 37 heavy (non-hydrogen) atoms. The maximum Gasteiger partial charge on any atom is 0.340 e. The summed E-state index contributed by atoms with van der Waals surface area (Å²) in [5.41, 5.74) is 2.24. The Balaban J connectivity index is 2.42. The van der Waals surface area contributed by atoms with Crippen LogP contribution < -0.4 is 0 Å².